The first-order chi connectivity index (χ1) is 18.2. The van der Waals surface area contributed by atoms with Crippen molar-refractivity contribution in [3.63, 3.8) is 0 Å². The Balaban J connectivity index is 1.38. The number of carbonyl (C=O) groups is 3. The van der Waals surface area contributed by atoms with E-state index in [9.17, 15) is 18.8 Å². The molecule has 1 aliphatic heterocycles. The van der Waals surface area contributed by atoms with Gasteiger partial charge in [-0.2, -0.15) is 0 Å². The highest BCUT2D eigenvalue weighted by molar-refractivity contribution is 6.30. The predicted molar refractivity (Wildman–Crippen MR) is 144 cm³/mol. The molecule has 9 nitrogen and oxygen atoms in total. The Labute approximate surface area is 224 Å². The zero-order chi connectivity index (χ0) is 27.1. The molecule has 1 saturated carbocycles. The van der Waals surface area contributed by atoms with Gasteiger partial charge in [-0.15, -0.1) is 0 Å². The average Bonchev–Trinajstić information content (AvgIpc) is 3.40. The minimum atomic E-state index is -0.696. The van der Waals surface area contributed by atoms with Crippen LogP contribution in [0.5, 0.6) is 0 Å². The van der Waals surface area contributed by atoms with Crippen LogP contribution < -0.4 is 16.0 Å². The van der Waals surface area contributed by atoms with Gasteiger partial charge in [0, 0.05) is 36.8 Å². The fraction of sp³-hybridized carbons (Fsp3) is 0.370. The monoisotopic (exact) mass is 540 g/mol. The molecule has 2 heterocycles. The Kier molecular flexibility index (Phi) is 7.02. The van der Waals surface area contributed by atoms with E-state index in [1.54, 1.807) is 29.3 Å². The molecule has 4 atom stereocenters. The van der Waals surface area contributed by atoms with Gasteiger partial charge in [-0.05, 0) is 45.0 Å². The minimum Gasteiger partial charge on any atom is -0.346 e. The third kappa shape index (κ3) is 4.81. The van der Waals surface area contributed by atoms with Crippen LogP contribution in [0, 0.1) is 11.7 Å². The number of urea groups is 1. The first-order valence-electron chi connectivity index (χ1n) is 12.5. The van der Waals surface area contributed by atoms with E-state index in [2.05, 4.69) is 16.0 Å². The lowest BCUT2D eigenvalue weighted by Gasteiger charge is -2.30. The number of likely N-dealkylation sites (tertiary alicyclic amines) is 1. The van der Waals surface area contributed by atoms with E-state index in [1.165, 1.54) is 17.7 Å². The minimum absolute atomic E-state index is 0.0143. The summed E-state index contributed by atoms with van der Waals surface area (Å²) in [4.78, 5) is 42.9. The number of rotatable bonds is 6. The van der Waals surface area contributed by atoms with Gasteiger partial charge < -0.3 is 25.8 Å². The highest BCUT2D eigenvalue weighted by Gasteiger charge is 2.56. The predicted octanol–water partition coefficient (Wildman–Crippen LogP) is 4.04. The normalized spacial score (nSPS) is 20.8. The molecule has 4 amide bonds. The quantitative estimate of drug-likeness (QED) is 0.439. The lowest BCUT2D eigenvalue weighted by atomic mass is 10.0. The van der Waals surface area contributed by atoms with Gasteiger partial charge in [-0.25, -0.2) is 14.0 Å². The molecular formula is C27H30ClFN6O3. The van der Waals surface area contributed by atoms with E-state index < -0.39 is 23.9 Å². The van der Waals surface area contributed by atoms with Gasteiger partial charge in [0.15, 0.2) is 0 Å². The van der Waals surface area contributed by atoms with Crippen molar-refractivity contribution < 1.29 is 18.8 Å². The molecule has 0 radical (unpaired) electrons. The molecule has 2 aromatic carbocycles. The fourth-order valence-corrected chi connectivity index (χ4v) is 5.56. The lowest BCUT2D eigenvalue weighted by molar-refractivity contribution is -0.126. The molecule has 1 aliphatic carbocycles. The van der Waals surface area contributed by atoms with Crippen molar-refractivity contribution >= 4 is 46.2 Å². The standard InChI is InChI=1S/C27H30ClFN6O3/c1-30-26(37)34-14-20(16-7-4-5-10-21(16)34)32-27(38)35-22-11-15(22)12-23(35)25(36)31-19(13-33(2)3)17-8-6-9-18(28)24(17)29/h4-10,14-15,19,22-23H,11-13H2,1-3H3,(H,30,37)(H,31,36)(H,32,38)/t15-,19-,22-,23+/m1/s1. The zero-order valence-corrected chi connectivity index (χ0v) is 22.1. The van der Waals surface area contributed by atoms with Gasteiger partial charge in [0.1, 0.15) is 11.9 Å². The van der Waals surface area contributed by atoms with Crippen LogP contribution in [0.25, 0.3) is 10.9 Å². The average molecular weight is 541 g/mol. The Morgan fingerprint density at radius 3 is 2.61 bits per heavy atom. The number of hydrogen-bond donors (Lipinski definition) is 3. The largest absolute Gasteiger partial charge is 0.346 e. The Morgan fingerprint density at radius 1 is 1.11 bits per heavy atom. The van der Waals surface area contributed by atoms with Crippen molar-refractivity contribution in [2.75, 3.05) is 33.0 Å². The number of piperidine rings is 1. The zero-order valence-electron chi connectivity index (χ0n) is 21.4. The summed E-state index contributed by atoms with van der Waals surface area (Å²) in [6.07, 6.45) is 2.95. The summed E-state index contributed by atoms with van der Waals surface area (Å²) in [6.45, 7) is 0.355. The van der Waals surface area contributed by atoms with Crippen LogP contribution in [-0.4, -0.2) is 72.1 Å². The molecule has 200 valence electrons. The van der Waals surface area contributed by atoms with Crippen molar-refractivity contribution in [1.82, 2.24) is 25.0 Å². The van der Waals surface area contributed by atoms with Gasteiger partial charge in [0.2, 0.25) is 5.91 Å². The lowest BCUT2D eigenvalue weighted by Crippen LogP contribution is -2.51. The van der Waals surface area contributed by atoms with E-state index in [4.69, 9.17) is 11.6 Å². The van der Waals surface area contributed by atoms with Gasteiger partial charge in [0.05, 0.1) is 22.3 Å². The van der Waals surface area contributed by atoms with Crippen LogP contribution in [0.4, 0.5) is 19.7 Å². The smallest absolute Gasteiger partial charge is 0.325 e. The Morgan fingerprint density at radius 2 is 1.87 bits per heavy atom. The second-order valence-electron chi connectivity index (χ2n) is 10.1. The third-order valence-corrected chi connectivity index (χ3v) is 7.54. The number of nitrogens with one attached hydrogen (secondary N) is 3. The van der Waals surface area contributed by atoms with Gasteiger partial charge in [-0.3, -0.25) is 9.36 Å². The number of aromatic nitrogens is 1. The van der Waals surface area contributed by atoms with E-state index in [-0.39, 0.29) is 28.9 Å². The Bertz CT molecular complexity index is 1410. The topological polar surface area (TPSA) is 98.7 Å². The van der Waals surface area contributed by atoms with E-state index >= 15 is 0 Å². The second kappa shape index (κ2) is 10.3. The molecule has 1 saturated heterocycles. The Hall–Kier alpha value is -3.63. The number of benzene rings is 2. The summed E-state index contributed by atoms with van der Waals surface area (Å²) < 4.78 is 16.3. The number of hydrogen-bond acceptors (Lipinski definition) is 4. The summed E-state index contributed by atoms with van der Waals surface area (Å²) in [5.74, 6) is -0.664. The molecular weight excluding hydrogens is 511 g/mol. The summed E-state index contributed by atoms with van der Waals surface area (Å²) in [5.41, 5.74) is 1.42. The van der Waals surface area contributed by atoms with Crippen LogP contribution in [0.2, 0.25) is 5.02 Å². The summed E-state index contributed by atoms with van der Waals surface area (Å²) in [5, 5.41) is 9.17. The van der Waals surface area contributed by atoms with Crippen LogP contribution in [-0.2, 0) is 4.79 Å². The van der Waals surface area contributed by atoms with Crippen molar-refractivity contribution in [3.8, 4) is 0 Å². The number of likely N-dealkylation sites (N-methyl/N-ethyl adjacent to an activating group) is 1. The van der Waals surface area contributed by atoms with Crippen molar-refractivity contribution in [1.29, 1.82) is 0 Å². The fourth-order valence-electron chi connectivity index (χ4n) is 5.37. The van der Waals surface area contributed by atoms with Gasteiger partial charge >= 0.3 is 12.1 Å². The molecule has 0 spiro atoms. The van der Waals surface area contributed by atoms with E-state index in [1.807, 2.05) is 37.2 Å². The maximum Gasteiger partial charge on any atom is 0.325 e. The maximum absolute atomic E-state index is 14.9. The molecule has 3 aromatic rings. The number of anilines is 1. The first kappa shape index (κ1) is 26.0. The van der Waals surface area contributed by atoms with Gasteiger partial charge in [-0.1, -0.05) is 41.9 Å². The molecule has 3 N–H and O–H groups in total. The van der Waals surface area contributed by atoms with Crippen LogP contribution in [0.15, 0.2) is 48.7 Å². The van der Waals surface area contributed by atoms with Crippen LogP contribution in [0.1, 0.15) is 24.4 Å². The summed E-state index contributed by atoms with van der Waals surface area (Å²) >= 11 is 6.01. The second-order valence-corrected chi connectivity index (χ2v) is 10.5. The number of halogens is 2. The van der Waals surface area contributed by atoms with E-state index in [0.29, 0.717) is 35.1 Å². The third-order valence-electron chi connectivity index (χ3n) is 7.25. The number of fused-ring (bicyclic) bond motifs is 2. The first-order valence-corrected chi connectivity index (χ1v) is 12.9. The van der Waals surface area contributed by atoms with Crippen molar-refractivity contribution in [2.45, 2.75) is 31.0 Å². The van der Waals surface area contributed by atoms with Crippen molar-refractivity contribution in [2.24, 2.45) is 5.92 Å². The summed E-state index contributed by atoms with van der Waals surface area (Å²) in [6, 6.07) is 9.86. The molecule has 0 unspecified atom stereocenters. The number of nitrogens with zero attached hydrogens (tertiary/aromatic N) is 3. The highest BCUT2D eigenvalue weighted by atomic mass is 35.5. The SMILES string of the molecule is CNC(=O)n1cc(NC(=O)N2[C@@H]3C[C@@H]3C[C@H]2C(=O)N[C@H](CN(C)C)c2cccc(Cl)c2F)c2ccccc21. The maximum atomic E-state index is 14.9. The molecule has 5 rings (SSSR count). The molecule has 38 heavy (non-hydrogen) atoms. The van der Waals surface area contributed by atoms with Crippen LogP contribution in [0.3, 0.4) is 0 Å². The van der Waals surface area contributed by atoms with Crippen molar-refractivity contribution in [3.05, 3.63) is 65.1 Å². The number of para-hydroxylation sites is 1. The van der Waals surface area contributed by atoms with E-state index in [0.717, 1.165) is 6.42 Å². The number of amides is 4. The highest BCUT2D eigenvalue weighted by Crippen LogP contribution is 2.48. The molecule has 1 aromatic heterocycles. The summed E-state index contributed by atoms with van der Waals surface area (Å²) in [7, 11) is 5.21. The number of carbonyl (C=O) groups excluding carboxylic acids is 3. The molecule has 2 aliphatic rings. The molecule has 2 fully saturated rings. The molecule has 0 bridgehead atoms. The van der Waals surface area contributed by atoms with Crippen LogP contribution >= 0.6 is 11.6 Å². The van der Waals surface area contributed by atoms with Gasteiger partial charge in [0.25, 0.3) is 0 Å². The molecule has 11 heteroatoms.